The second kappa shape index (κ2) is 14.7. The van der Waals surface area contributed by atoms with E-state index in [1.165, 1.54) is 22.3 Å². The Morgan fingerprint density at radius 2 is 0.857 bits per heavy atom. The van der Waals surface area contributed by atoms with Gasteiger partial charge in [-0.15, -0.1) is 0 Å². The average molecular weight is 681 g/mol. The molecule has 6 rings (SSSR count). The monoisotopic (exact) mass is 680 g/mol. The summed E-state index contributed by atoms with van der Waals surface area (Å²) in [5.74, 6) is 2.52. The minimum atomic E-state index is -0.906. The molecule has 0 amide bonds. The maximum Gasteiger partial charge on any atom is 0.219 e. The summed E-state index contributed by atoms with van der Waals surface area (Å²) in [6.07, 6.45) is 0. The number of para-hydroxylation sites is 2. The number of pyridine rings is 2. The van der Waals surface area contributed by atoms with Gasteiger partial charge in [0.05, 0.1) is 11.4 Å². The number of aryl methyl sites for hydroxylation is 2. The molecular formula is C42H44N2O3Si2. The molecule has 2 unspecified atom stereocenters. The molecule has 6 aromatic rings. The molecule has 5 nitrogen and oxygen atoms in total. The van der Waals surface area contributed by atoms with E-state index in [4.69, 9.17) is 24.2 Å². The van der Waals surface area contributed by atoms with Crippen molar-refractivity contribution in [1.82, 2.24) is 9.97 Å². The number of aromatic nitrogens is 2. The van der Waals surface area contributed by atoms with Gasteiger partial charge in [-0.25, -0.2) is 9.97 Å². The number of hydrogen-bond donors (Lipinski definition) is 0. The number of ether oxygens (including phenoxy) is 3. The van der Waals surface area contributed by atoms with Crippen LogP contribution in [0.15, 0.2) is 133 Å². The Balaban J connectivity index is 1.59. The van der Waals surface area contributed by atoms with Gasteiger partial charge in [0.25, 0.3) is 0 Å². The average Bonchev–Trinajstić information content (AvgIpc) is 3.13. The standard InChI is InChI=1S/C42H44N2O3Si2/c1-29-15-11-21-35(31(29)3)41(27-48,37-23-13-25-39(43-37)45-33-17-7-5-8-18-33)47-42(28-49,36-22-12-16-30(2)32(36)4)38-24-14-26-40(44-38)46-34-19-9-6-10-20-34/h5-26H,27-28H2,1-4,48-49H3. The molecular weight excluding hydrogens is 637 g/mol. The van der Waals surface area contributed by atoms with Crippen molar-refractivity contribution in [3.05, 3.63) is 178 Å². The van der Waals surface area contributed by atoms with Gasteiger partial charge in [-0.05, 0) is 110 Å². The first-order valence-electron chi connectivity index (χ1n) is 17.0. The van der Waals surface area contributed by atoms with Gasteiger partial charge in [0.2, 0.25) is 11.8 Å². The predicted molar refractivity (Wildman–Crippen MR) is 205 cm³/mol. The molecule has 4 aromatic carbocycles. The molecule has 0 saturated heterocycles. The van der Waals surface area contributed by atoms with E-state index in [9.17, 15) is 0 Å². The van der Waals surface area contributed by atoms with Crippen LogP contribution in [0.25, 0.3) is 0 Å². The molecule has 0 fully saturated rings. The fourth-order valence-electron chi connectivity index (χ4n) is 6.66. The number of nitrogens with zero attached hydrogens (tertiary/aromatic N) is 2. The molecule has 0 radical (unpaired) electrons. The summed E-state index contributed by atoms with van der Waals surface area (Å²) in [4.78, 5) is 10.4. The van der Waals surface area contributed by atoms with E-state index in [-0.39, 0.29) is 0 Å². The summed E-state index contributed by atoms with van der Waals surface area (Å²) in [5, 5.41) is 0. The fraction of sp³-hybridized carbons (Fsp3) is 0.190. The number of benzene rings is 4. The Morgan fingerprint density at radius 3 is 1.24 bits per heavy atom. The number of rotatable bonds is 12. The summed E-state index contributed by atoms with van der Waals surface area (Å²) >= 11 is 0. The van der Waals surface area contributed by atoms with Gasteiger partial charge in [0, 0.05) is 32.6 Å². The number of hydrogen-bond acceptors (Lipinski definition) is 5. The molecule has 0 aliphatic heterocycles. The van der Waals surface area contributed by atoms with E-state index in [0.717, 1.165) is 66.6 Å². The third kappa shape index (κ3) is 6.88. The van der Waals surface area contributed by atoms with Gasteiger partial charge in [-0.1, -0.05) is 84.9 Å². The lowest BCUT2D eigenvalue weighted by Gasteiger charge is -2.45. The quantitative estimate of drug-likeness (QED) is 0.122. The topological polar surface area (TPSA) is 53.5 Å². The minimum Gasteiger partial charge on any atom is -0.439 e. The zero-order valence-electron chi connectivity index (χ0n) is 29.2. The van der Waals surface area contributed by atoms with Crippen molar-refractivity contribution in [3.8, 4) is 23.3 Å². The molecule has 0 saturated carbocycles. The van der Waals surface area contributed by atoms with Crippen LogP contribution in [0.3, 0.4) is 0 Å². The van der Waals surface area contributed by atoms with Crippen LogP contribution >= 0.6 is 0 Å². The highest BCUT2D eigenvalue weighted by atomic mass is 28.1. The van der Waals surface area contributed by atoms with E-state index < -0.39 is 11.2 Å². The van der Waals surface area contributed by atoms with E-state index in [0.29, 0.717) is 11.8 Å². The van der Waals surface area contributed by atoms with Crippen LogP contribution < -0.4 is 9.47 Å². The summed E-state index contributed by atoms with van der Waals surface area (Å²) in [7, 11) is 1.69. The summed E-state index contributed by atoms with van der Waals surface area (Å²) in [6.45, 7) is 8.71. The van der Waals surface area contributed by atoms with Crippen LogP contribution in [0.1, 0.15) is 44.8 Å². The molecule has 2 atom stereocenters. The maximum absolute atomic E-state index is 7.98. The summed E-state index contributed by atoms with van der Waals surface area (Å²) in [6, 6.07) is 46.1. The Hall–Kier alpha value is -4.83. The highest BCUT2D eigenvalue weighted by Crippen LogP contribution is 2.49. The van der Waals surface area contributed by atoms with Crippen LogP contribution in [0, 0.1) is 27.7 Å². The third-order valence-electron chi connectivity index (χ3n) is 9.63. The molecule has 2 aromatic heterocycles. The Kier molecular flexibility index (Phi) is 10.2. The van der Waals surface area contributed by atoms with Crippen molar-refractivity contribution in [2.24, 2.45) is 0 Å². The molecule has 0 spiro atoms. The van der Waals surface area contributed by atoms with Crippen molar-refractivity contribution in [2.45, 2.75) is 51.0 Å². The van der Waals surface area contributed by atoms with Crippen LogP contribution in [0.2, 0.25) is 12.1 Å². The van der Waals surface area contributed by atoms with E-state index in [1.807, 2.05) is 84.9 Å². The van der Waals surface area contributed by atoms with E-state index in [2.05, 4.69) is 76.2 Å². The normalized spacial score (nSPS) is 13.8. The lowest BCUT2D eigenvalue weighted by molar-refractivity contribution is -0.110. The molecule has 2 heterocycles. The summed E-state index contributed by atoms with van der Waals surface area (Å²) in [5.41, 5.74) is 6.81. The molecule has 7 heteroatoms. The molecule has 0 N–H and O–H groups in total. The molecule has 0 aliphatic carbocycles. The first-order valence-corrected chi connectivity index (χ1v) is 19.9. The van der Waals surface area contributed by atoms with E-state index >= 15 is 0 Å². The second-order valence-corrected chi connectivity index (χ2v) is 13.9. The van der Waals surface area contributed by atoms with Crippen molar-refractivity contribution < 1.29 is 14.2 Å². The molecule has 248 valence electrons. The van der Waals surface area contributed by atoms with Crippen LogP contribution in [0.5, 0.6) is 23.3 Å². The van der Waals surface area contributed by atoms with Gasteiger partial charge in [0.15, 0.2) is 0 Å². The van der Waals surface area contributed by atoms with E-state index in [1.54, 1.807) is 0 Å². The maximum atomic E-state index is 7.98. The Bertz CT molecular complexity index is 1890. The first kappa shape index (κ1) is 34.1. The SMILES string of the molecule is Cc1cccc(C(C[SiH3])(OC(C[SiH3])(c2cccc(Oc3ccccc3)n2)c2cccc(C)c2C)c2cccc(Oc3ccccc3)n2)c1C. The minimum absolute atomic E-state index is 0.525. The third-order valence-corrected chi connectivity index (χ3v) is 11.6. The highest BCUT2D eigenvalue weighted by Gasteiger charge is 2.48. The van der Waals surface area contributed by atoms with Crippen molar-refractivity contribution >= 4 is 20.5 Å². The largest absolute Gasteiger partial charge is 0.439 e. The first-order chi connectivity index (χ1) is 23.8. The molecule has 0 aliphatic rings. The zero-order valence-corrected chi connectivity index (χ0v) is 33.2. The molecule has 0 bridgehead atoms. The van der Waals surface area contributed by atoms with Gasteiger partial charge >= 0.3 is 0 Å². The highest BCUT2D eigenvalue weighted by molar-refractivity contribution is 6.10. The van der Waals surface area contributed by atoms with Gasteiger partial charge in [0.1, 0.15) is 22.7 Å². The van der Waals surface area contributed by atoms with Crippen LogP contribution in [-0.2, 0) is 15.9 Å². The predicted octanol–water partition coefficient (Wildman–Crippen LogP) is 8.07. The fourth-order valence-corrected chi connectivity index (χ4v) is 8.44. The smallest absolute Gasteiger partial charge is 0.219 e. The van der Waals surface area contributed by atoms with Gasteiger partial charge in [-0.3, -0.25) is 0 Å². The van der Waals surface area contributed by atoms with Crippen molar-refractivity contribution in [3.63, 3.8) is 0 Å². The summed E-state index contributed by atoms with van der Waals surface area (Å²) < 4.78 is 20.6. The van der Waals surface area contributed by atoms with Gasteiger partial charge < -0.3 is 14.2 Å². The second-order valence-electron chi connectivity index (χ2n) is 12.5. The van der Waals surface area contributed by atoms with Crippen molar-refractivity contribution in [2.75, 3.05) is 0 Å². The van der Waals surface area contributed by atoms with Crippen LogP contribution in [-0.4, -0.2) is 30.5 Å². The zero-order chi connectivity index (χ0) is 34.4. The lowest BCUT2D eigenvalue weighted by Crippen LogP contribution is -2.44. The van der Waals surface area contributed by atoms with Crippen molar-refractivity contribution in [1.29, 1.82) is 0 Å². The lowest BCUT2D eigenvalue weighted by atomic mass is 9.82. The van der Waals surface area contributed by atoms with Crippen LogP contribution in [0.4, 0.5) is 0 Å². The Morgan fingerprint density at radius 1 is 0.469 bits per heavy atom. The Labute approximate surface area is 296 Å². The van der Waals surface area contributed by atoms with Gasteiger partial charge in [-0.2, -0.15) is 0 Å². The molecule has 49 heavy (non-hydrogen) atoms.